The van der Waals surface area contributed by atoms with Crippen molar-refractivity contribution >= 4 is 31.6 Å². The van der Waals surface area contributed by atoms with E-state index in [1.165, 1.54) is 7.11 Å². The molecule has 0 bridgehead atoms. The molecular formula is C17H18N2O3S2. The van der Waals surface area contributed by atoms with Gasteiger partial charge in [-0.2, -0.15) is 0 Å². The highest BCUT2D eigenvalue weighted by Crippen LogP contribution is 2.25. The normalized spacial score (nSPS) is 11.8. The van der Waals surface area contributed by atoms with Crippen LogP contribution in [0.15, 0.2) is 47.4 Å². The SMILES string of the molecule is COc1ccc(C)cc1S(=O)(=O)NCCc1nc2ccccc2s1. The summed E-state index contributed by atoms with van der Waals surface area (Å²) in [4.78, 5) is 4.67. The van der Waals surface area contributed by atoms with Crippen LogP contribution < -0.4 is 9.46 Å². The minimum absolute atomic E-state index is 0.161. The maximum atomic E-state index is 12.5. The van der Waals surface area contributed by atoms with E-state index < -0.39 is 10.0 Å². The minimum atomic E-state index is -3.62. The molecule has 3 rings (SSSR count). The average molecular weight is 362 g/mol. The molecule has 1 heterocycles. The Kier molecular flexibility index (Phi) is 4.84. The third kappa shape index (κ3) is 3.58. The van der Waals surface area contributed by atoms with Gasteiger partial charge in [0, 0.05) is 13.0 Å². The first-order valence-corrected chi connectivity index (χ1v) is 9.78. The van der Waals surface area contributed by atoms with Gasteiger partial charge in [0.1, 0.15) is 10.6 Å². The van der Waals surface area contributed by atoms with E-state index in [-0.39, 0.29) is 4.90 Å². The first kappa shape index (κ1) is 16.9. The maximum Gasteiger partial charge on any atom is 0.244 e. The third-order valence-electron chi connectivity index (χ3n) is 3.58. The van der Waals surface area contributed by atoms with E-state index in [4.69, 9.17) is 4.74 Å². The fourth-order valence-electron chi connectivity index (χ4n) is 2.39. The first-order valence-electron chi connectivity index (χ1n) is 7.48. The summed E-state index contributed by atoms with van der Waals surface area (Å²) in [6.07, 6.45) is 0.548. The van der Waals surface area contributed by atoms with Crippen LogP contribution in [0.1, 0.15) is 10.6 Å². The molecule has 0 fully saturated rings. The number of ether oxygens (including phenoxy) is 1. The standard InChI is InChI=1S/C17H18N2O3S2/c1-12-7-8-14(22-2)16(11-12)24(20,21)18-10-9-17-19-13-5-3-4-6-15(13)23-17/h3-8,11,18H,9-10H2,1-2H3. The van der Waals surface area contributed by atoms with Crippen molar-refractivity contribution in [3.8, 4) is 5.75 Å². The Hall–Kier alpha value is -1.96. The third-order valence-corrected chi connectivity index (χ3v) is 6.16. The molecule has 0 aliphatic heterocycles. The first-order chi connectivity index (χ1) is 11.5. The van der Waals surface area contributed by atoms with E-state index in [2.05, 4.69) is 9.71 Å². The van der Waals surface area contributed by atoms with Gasteiger partial charge in [-0.1, -0.05) is 18.2 Å². The second kappa shape index (κ2) is 6.88. The molecule has 0 aliphatic rings. The molecule has 2 aromatic carbocycles. The van der Waals surface area contributed by atoms with Gasteiger partial charge in [0.2, 0.25) is 10.0 Å². The van der Waals surface area contributed by atoms with E-state index in [1.807, 2.05) is 37.3 Å². The fraction of sp³-hybridized carbons (Fsp3) is 0.235. The minimum Gasteiger partial charge on any atom is -0.495 e. The van der Waals surface area contributed by atoms with Crippen molar-refractivity contribution in [2.75, 3.05) is 13.7 Å². The van der Waals surface area contributed by atoms with Gasteiger partial charge in [-0.15, -0.1) is 11.3 Å². The van der Waals surface area contributed by atoms with Crippen LogP contribution in [0.2, 0.25) is 0 Å². The summed E-state index contributed by atoms with van der Waals surface area (Å²) >= 11 is 1.58. The van der Waals surface area contributed by atoms with E-state index >= 15 is 0 Å². The topological polar surface area (TPSA) is 68.3 Å². The number of hydrogen-bond donors (Lipinski definition) is 1. The van der Waals surface area contributed by atoms with E-state index in [1.54, 1.807) is 23.5 Å². The second-order valence-corrected chi connectivity index (χ2v) is 8.23. The van der Waals surface area contributed by atoms with Crippen molar-refractivity contribution in [1.29, 1.82) is 0 Å². The van der Waals surface area contributed by atoms with Crippen LogP contribution in [-0.4, -0.2) is 27.1 Å². The number of aryl methyl sites for hydroxylation is 1. The molecule has 1 N–H and O–H groups in total. The molecular weight excluding hydrogens is 344 g/mol. The van der Waals surface area contributed by atoms with E-state index in [0.717, 1.165) is 20.8 Å². The average Bonchev–Trinajstić information content (AvgIpc) is 2.97. The zero-order valence-corrected chi connectivity index (χ0v) is 15.1. The maximum absolute atomic E-state index is 12.5. The second-order valence-electron chi connectivity index (χ2n) is 5.38. The van der Waals surface area contributed by atoms with Crippen LogP contribution >= 0.6 is 11.3 Å². The molecule has 126 valence electrons. The number of fused-ring (bicyclic) bond motifs is 1. The number of para-hydroxylation sites is 1. The lowest BCUT2D eigenvalue weighted by molar-refractivity contribution is 0.402. The molecule has 0 saturated carbocycles. The number of nitrogens with one attached hydrogen (secondary N) is 1. The Morgan fingerprint density at radius 1 is 1.21 bits per heavy atom. The molecule has 0 saturated heterocycles. The number of nitrogens with zero attached hydrogens (tertiary/aromatic N) is 1. The van der Waals surface area contributed by atoms with Crippen LogP contribution in [0.5, 0.6) is 5.75 Å². The van der Waals surface area contributed by atoms with Gasteiger partial charge in [-0.3, -0.25) is 0 Å². The molecule has 7 heteroatoms. The number of methoxy groups -OCH3 is 1. The van der Waals surface area contributed by atoms with Crippen LogP contribution in [-0.2, 0) is 16.4 Å². The summed E-state index contributed by atoms with van der Waals surface area (Å²) in [6.45, 7) is 2.14. The zero-order valence-electron chi connectivity index (χ0n) is 13.4. The number of benzene rings is 2. The molecule has 0 aliphatic carbocycles. The monoisotopic (exact) mass is 362 g/mol. The summed E-state index contributed by atoms with van der Waals surface area (Å²) in [5, 5.41) is 0.912. The molecule has 0 spiro atoms. The molecule has 1 aromatic heterocycles. The predicted molar refractivity (Wildman–Crippen MR) is 96.2 cm³/mol. The lowest BCUT2D eigenvalue weighted by Crippen LogP contribution is -2.26. The van der Waals surface area contributed by atoms with Gasteiger partial charge in [0.15, 0.2) is 0 Å². The van der Waals surface area contributed by atoms with Gasteiger partial charge in [-0.05, 0) is 36.8 Å². The number of thiazole rings is 1. The zero-order chi connectivity index (χ0) is 17.2. The summed E-state index contributed by atoms with van der Waals surface area (Å²) in [6, 6.07) is 13.0. The number of sulfonamides is 1. The summed E-state index contributed by atoms with van der Waals surface area (Å²) in [5.74, 6) is 0.341. The molecule has 5 nitrogen and oxygen atoms in total. The highest BCUT2D eigenvalue weighted by atomic mass is 32.2. The van der Waals surface area contributed by atoms with Gasteiger partial charge >= 0.3 is 0 Å². The Labute approximate surface area is 145 Å². The quantitative estimate of drug-likeness (QED) is 0.731. The Bertz CT molecular complexity index is 932. The smallest absolute Gasteiger partial charge is 0.244 e. The molecule has 0 unspecified atom stereocenters. The lowest BCUT2D eigenvalue weighted by atomic mass is 10.2. The van der Waals surface area contributed by atoms with Crippen molar-refractivity contribution in [2.45, 2.75) is 18.2 Å². The van der Waals surface area contributed by atoms with Gasteiger partial charge in [-0.25, -0.2) is 18.1 Å². The Morgan fingerprint density at radius 2 is 2.00 bits per heavy atom. The highest BCUT2D eigenvalue weighted by Gasteiger charge is 2.19. The molecule has 24 heavy (non-hydrogen) atoms. The largest absolute Gasteiger partial charge is 0.495 e. The van der Waals surface area contributed by atoms with Crippen molar-refractivity contribution in [3.05, 3.63) is 53.0 Å². The summed E-state index contributed by atoms with van der Waals surface area (Å²) in [5.41, 5.74) is 1.81. The molecule has 0 radical (unpaired) electrons. The van der Waals surface area contributed by atoms with Crippen LogP contribution in [0.4, 0.5) is 0 Å². The number of rotatable bonds is 6. The van der Waals surface area contributed by atoms with E-state index in [0.29, 0.717) is 18.7 Å². The molecule has 0 atom stereocenters. The van der Waals surface area contributed by atoms with Crippen molar-refractivity contribution in [2.24, 2.45) is 0 Å². The Morgan fingerprint density at radius 3 is 2.75 bits per heavy atom. The summed E-state index contributed by atoms with van der Waals surface area (Å²) in [7, 11) is -2.16. The van der Waals surface area contributed by atoms with Gasteiger partial charge in [0.05, 0.1) is 22.3 Å². The molecule has 3 aromatic rings. The Balaban J connectivity index is 1.72. The number of hydrogen-bond acceptors (Lipinski definition) is 5. The van der Waals surface area contributed by atoms with Gasteiger partial charge < -0.3 is 4.74 Å². The summed E-state index contributed by atoms with van der Waals surface area (Å²) < 4.78 is 33.9. The van der Waals surface area contributed by atoms with Crippen LogP contribution in [0.25, 0.3) is 10.2 Å². The highest BCUT2D eigenvalue weighted by molar-refractivity contribution is 7.89. The molecule has 0 amide bonds. The van der Waals surface area contributed by atoms with Crippen LogP contribution in [0.3, 0.4) is 0 Å². The number of aromatic nitrogens is 1. The van der Waals surface area contributed by atoms with Crippen molar-refractivity contribution in [3.63, 3.8) is 0 Å². The predicted octanol–water partition coefficient (Wildman–Crippen LogP) is 3.13. The van der Waals surface area contributed by atoms with Gasteiger partial charge in [0.25, 0.3) is 0 Å². The van der Waals surface area contributed by atoms with Crippen molar-refractivity contribution < 1.29 is 13.2 Å². The lowest BCUT2D eigenvalue weighted by Gasteiger charge is -2.11. The fourth-order valence-corrected chi connectivity index (χ4v) is 4.64. The van der Waals surface area contributed by atoms with E-state index in [9.17, 15) is 8.42 Å². The van der Waals surface area contributed by atoms with Crippen molar-refractivity contribution in [1.82, 2.24) is 9.71 Å². The van der Waals surface area contributed by atoms with Crippen LogP contribution in [0, 0.1) is 6.92 Å².